The van der Waals surface area contributed by atoms with Gasteiger partial charge in [-0.25, -0.2) is 5.43 Å². The van der Waals surface area contributed by atoms with Gasteiger partial charge in [-0.05, 0) is 76.0 Å². The fourth-order valence-corrected chi connectivity index (χ4v) is 7.41. The molecule has 1 amide bonds. The molecular weight excluding hydrogens is 420 g/mol. The normalized spacial score (nSPS) is 46.8. The Labute approximate surface area is 155 Å². The van der Waals surface area contributed by atoms with E-state index in [4.69, 9.17) is 0 Å². The molecule has 0 heterocycles. The molecule has 5 aliphatic carbocycles. The Morgan fingerprint density at radius 3 is 2.00 bits per heavy atom. The van der Waals surface area contributed by atoms with Crippen LogP contribution in [-0.4, -0.2) is 14.9 Å². The highest BCUT2D eigenvalue weighted by molar-refractivity contribution is 9.25. The van der Waals surface area contributed by atoms with Crippen molar-refractivity contribution in [3.8, 4) is 0 Å². The van der Waals surface area contributed by atoms with Crippen molar-refractivity contribution in [3.05, 3.63) is 0 Å². The predicted molar refractivity (Wildman–Crippen MR) is 99.8 cm³/mol. The molecule has 0 aromatic heterocycles. The summed E-state index contributed by atoms with van der Waals surface area (Å²) in [6, 6.07) is 0. The SMILES string of the molecule is CCC(=NNC(=O)[C@]1(C)CC1(Br)Br)C12CC3CC(CC(C3)C1)C2. The van der Waals surface area contributed by atoms with Crippen LogP contribution in [0.4, 0.5) is 0 Å². The minimum Gasteiger partial charge on any atom is -0.272 e. The van der Waals surface area contributed by atoms with Gasteiger partial charge in [-0.3, -0.25) is 4.79 Å². The summed E-state index contributed by atoms with van der Waals surface area (Å²) in [5, 5.41) is 4.68. The van der Waals surface area contributed by atoms with Crippen LogP contribution in [-0.2, 0) is 4.79 Å². The molecule has 0 radical (unpaired) electrons. The summed E-state index contributed by atoms with van der Waals surface area (Å²) in [6.07, 6.45) is 10.00. The van der Waals surface area contributed by atoms with Gasteiger partial charge >= 0.3 is 0 Å². The lowest BCUT2D eigenvalue weighted by Crippen LogP contribution is -2.50. The average molecular weight is 446 g/mol. The van der Waals surface area contributed by atoms with E-state index in [1.165, 1.54) is 44.2 Å². The molecule has 1 N–H and O–H groups in total. The molecule has 5 fully saturated rings. The zero-order valence-corrected chi connectivity index (χ0v) is 17.2. The smallest absolute Gasteiger partial charge is 0.248 e. The molecule has 23 heavy (non-hydrogen) atoms. The number of carbonyl (C=O) groups excluding carboxylic acids is 1. The van der Waals surface area contributed by atoms with E-state index in [2.05, 4.69) is 49.3 Å². The quantitative estimate of drug-likeness (QED) is 0.370. The van der Waals surface area contributed by atoms with Crippen LogP contribution < -0.4 is 5.43 Å². The number of hydrazone groups is 1. The molecule has 3 nitrogen and oxygen atoms in total. The third kappa shape index (κ3) is 2.56. The van der Waals surface area contributed by atoms with Crippen LogP contribution in [0.25, 0.3) is 0 Å². The molecule has 0 saturated heterocycles. The number of carbonyl (C=O) groups is 1. The highest BCUT2D eigenvalue weighted by atomic mass is 79.9. The van der Waals surface area contributed by atoms with Crippen LogP contribution in [0.3, 0.4) is 0 Å². The molecule has 5 heteroatoms. The Hall–Kier alpha value is 0.1000. The van der Waals surface area contributed by atoms with Crippen molar-refractivity contribution >= 4 is 43.5 Å². The fraction of sp³-hybridized carbons (Fsp3) is 0.889. The molecule has 5 saturated carbocycles. The first-order chi connectivity index (χ1) is 10.8. The second-order valence-corrected chi connectivity index (χ2v) is 12.5. The third-order valence-corrected chi connectivity index (χ3v) is 9.35. The number of alkyl halides is 2. The minimum absolute atomic E-state index is 0.0296. The van der Waals surface area contributed by atoms with E-state index in [-0.39, 0.29) is 9.14 Å². The number of rotatable bonds is 4. The van der Waals surface area contributed by atoms with Gasteiger partial charge in [0.2, 0.25) is 5.91 Å². The summed E-state index contributed by atoms with van der Waals surface area (Å²) in [5.41, 5.74) is 4.06. The zero-order chi connectivity index (χ0) is 16.5. The Kier molecular flexibility index (Phi) is 3.81. The first-order valence-electron chi connectivity index (χ1n) is 9.03. The van der Waals surface area contributed by atoms with Crippen molar-refractivity contribution in [3.63, 3.8) is 0 Å². The Morgan fingerprint density at radius 1 is 1.13 bits per heavy atom. The second kappa shape index (κ2) is 5.30. The van der Waals surface area contributed by atoms with Crippen LogP contribution >= 0.6 is 31.9 Å². The number of nitrogens with one attached hydrogen (secondary N) is 1. The van der Waals surface area contributed by atoms with E-state index in [0.29, 0.717) is 5.41 Å². The van der Waals surface area contributed by atoms with Gasteiger partial charge in [0.05, 0.1) is 8.65 Å². The van der Waals surface area contributed by atoms with Crippen LogP contribution in [0.5, 0.6) is 0 Å². The maximum Gasteiger partial charge on any atom is 0.248 e. The van der Waals surface area contributed by atoms with Crippen molar-refractivity contribution in [1.82, 2.24) is 5.43 Å². The van der Waals surface area contributed by atoms with Gasteiger partial charge < -0.3 is 0 Å². The summed E-state index contributed by atoms with van der Waals surface area (Å²) in [6.45, 7) is 4.18. The van der Waals surface area contributed by atoms with E-state index in [9.17, 15) is 4.79 Å². The Bertz CT molecular complexity index is 536. The standard InChI is InChI=1S/C18H26Br2N2O/c1-3-14(21-22-15(23)16(2)10-18(16,19)20)17-7-11-4-12(8-17)6-13(5-11)9-17/h11-13H,3-10H2,1-2H3,(H,22,23)/t11?,12?,13?,16-,17?/m0/s1. The third-order valence-electron chi connectivity index (χ3n) is 7.04. The lowest BCUT2D eigenvalue weighted by molar-refractivity contribution is -0.125. The van der Waals surface area contributed by atoms with Crippen molar-refractivity contribution in [2.24, 2.45) is 33.7 Å². The highest BCUT2D eigenvalue weighted by Crippen LogP contribution is 2.66. The number of amides is 1. The Morgan fingerprint density at radius 2 is 1.61 bits per heavy atom. The van der Waals surface area contributed by atoms with Gasteiger partial charge in [0.15, 0.2) is 0 Å². The lowest BCUT2D eigenvalue weighted by atomic mass is 9.48. The van der Waals surface area contributed by atoms with Crippen molar-refractivity contribution in [2.45, 2.75) is 68.4 Å². The van der Waals surface area contributed by atoms with E-state index in [1.54, 1.807) is 0 Å². The summed E-state index contributed by atoms with van der Waals surface area (Å²) in [4.78, 5) is 12.5. The van der Waals surface area contributed by atoms with Crippen LogP contribution in [0.15, 0.2) is 5.10 Å². The van der Waals surface area contributed by atoms with E-state index < -0.39 is 5.41 Å². The predicted octanol–water partition coefficient (Wildman–Crippen LogP) is 4.98. The van der Waals surface area contributed by atoms with Gasteiger partial charge in [0.25, 0.3) is 0 Å². The van der Waals surface area contributed by atoms with Crippen LogP contribution in [0.1, 0.15) is 65.2 Å². The van der Waals surface area contributed by atoms with Gasteiger partial charge in [-0.1, -0.05) is 38.8 Å². The van der Waals surface area contributed by atoms with E-state index >= 15 is 0 Å². The first-order valence-corrected chi connectivity index (χ1v) is 10.6. The largest absolute Gasteiger partial charge is 0.272 e. The van der Waals surface area contributed by atoms with Crippen molar-refractivity contribution in [1.29, 1.82) is 0 Å². The molecule has 4 bridgehead atoms. The number of halogens is 2. The molecule has 0 aliphatic heterocycles. The number of hydrogen-bond acceptors (Lipinski definition) is 2. The molecular formula is C18H26Br2N2O. The summed E-state index contributed by atoms with van der Waals surface area (Å²) in [7, 11) is 0. The second-order valence-electron chi connectivity index (χ2n) is 8.76. The summed E-state index contributed by atoms with van der Waals surface area (Å²) >= 11 is 7.14. The number of nitrogens with zero attached hydrogens (tertiary/aromatic N) is 1. The van der Waals surface area contributed by atoms with Gasteiger partial charge in [0.1, 0.15) is 0 Å². The number of hydrogen-bond donors (Lipinski definition) is 1. The molecule has 5 rings (SSSR count). The van der Waals surface area contributed by atoms with Crippen molar-refractivity contribution < 1.29 is 4.79 Å². The molecule has 0 unspecified atom stereocenters. The minimum atomic E-state index is -0.392. The van der Waals surface area contributed by atoms with Gasteiger partial charge in [-0.15, -0.1) is 0 Å². The highest BCUT2D eigenvalue weighted by Gasteiger charge is 2.66. The average Bonchev–Trinajstić information content (AvgIpc) is 2.97. The van der Waals surface area contributed by atoms with Crippen LogP contribution in [0.2, 0.25) is 0 Å². The molecule has 0 aromatic rings. The maximum atomic E-state index is 12.5. The zero-order valence-electron chi connectivity index (χ0n) is 14.0. The fourth-order valence-electron chi connectivity index (χ4n) is 5.92. The molecule has 0 spiro atoms. The maximum absolute atomic E-state index is 12.5. The first kappa shape index (κ1) is 16.6. The molecule has 1 atom stereocenters. The lowest BCUT2D eigenvalue weighted by Gasteiger charge is -2.57. The van der Waals surface area contributed by atoms with Gasteiger partial charge in [0, 0.05) is 11.1 Å². The molecule has 5 aliphatic rings. The summed E-state index contributed by atoms with van der Waals surface area (Å²) in [5.74, 6) is 2.76. The van der Waals surface area contributed by atoms with Crippen LogP contribution in [0, 0.1) is 28.6 Å². The van der Waals surface area contributed by atoms with Gasteiger partial charge in [-0.2, -0.15) is 5.10 Å². The monoisotopic (exact) mass is 444 g/mol. The summed E-state index contributed by atoms with van der Waals surface area (Å²) < 4.78 is -0.250. The topological polar surface area (TPSA) is 41.5 Å². The Balaban J connectivity index is 1.52. The van der Waals surface area contributed by atoms with E-state index in [0.717, 1.165) is 30.6 Å². The van der Waals surface area contributed by atoms with E-state index in [1.807, 2.05) is 6.92 Å². The van der Waals surface area contributed by atoms with Crippen molar-refractivity contribution in [2.75, 3.05) is 0 Å². The molecule has 128 valence electrons. The molecule has 0 aromatic carbocycles.